The SMILES string of the molecule is CNC(=O)c1cc(NCCOCC(N)=O)ccn1. The Morgan fingerprint density at radius 1 is 1.50 bits per heavy atom. The van der Waals surface area contributed by atoms with E-state index in [0.717, 1.165) is 5.69 Å². The molecule has 0 saturated heterocycles. The lowest BCUT2D eigenvalue weighted by Crippen LogP contribution is -2.21. The summed E-state index contributed by atoms with van der Waals surface area (Å²) in [5.74, 6) is -0.746. The fourth-order valence-electron chi connectivity index (χ4n) is 1.23. The van der Waals surface area contributed by atoms with Gasteiger partial charge in [-0.1, -0.05) is 0 Å². The molecule has 0 bridgehead atoms. The predicted octanol–water partition coefficient (Wildman–Crippen LogP) is -0.645. The molecule has 7 nitrogen and oxygen atoms in total. The lowest BCUT2D eigenvalue weighted by Gasteiger charge is -2.07. The zero-order chi connectivity index (χ0) is 13.4. The topological polar surface area (TPSA) is 106 Å². The maximum atomic E-state index is 11.3. The molecular weight excluding hydrogens is 236 g/mol. The summed E-state index contributed by atoms with van der Waals surface area (Å²) in [6.45, 7) is 0.757. The van der Waals surface area contributed by atoms with Crippen LogP contribution in [0.1, 0.15) is 10.5 Å². The van der Waals surface area contributed by atoms with Gasteiger partial charge in [-0.25, -0.2) is 0 Å². The van der Waals surface area contributed by atoms with Gasteiger partial charge in [0, 0.05) is 25.5 Å². The molecule has 1 heterocycles. The summed E-state index contributed by atoms with van der Waals surface area (Å²) in [4.78, 5) is 25.7. The normalized spacial score (nSPS) is 9.83. The smallest absolute Gasteiger partial charge is 0.269 e. The largest absolute Gasteiger partial charge is 0.383 e. The first-order chi connectivity index (χ1) is 8.63. The molecule has 0 aliphatic rings. The van der Waals surface area contributed by atoms with Crippen molar-refractivity contribution in [2.75, 3.05) is 32.1 Å². The zero-order valence-electron chi connectivity index (χ0n) is 10.1. The van der Waals surface area contributed by atoms with Gasteiger partial charge in [-0.15, -0.1) is 0 Å². The van der Waals surface area contributed by atoms with Gasteiger partial charge < -0.3 is 21.1 Å². The summed E-state index contributed by atoms with van der Waals surface area (Å²) in [6, 6.07) is 3.37. The summed E-state index contributed by atoms with van der Waals surface area (Å²) in [7, 11) is 1.54. The van der Waals surface area contributed by atoms with Crippen LogP contribution in [-0.2, 0) is 9.53 Å². The molecule has 1 aromatic rings. The van der Waals surface area contributed by atoms with Gasteiger partial charge in [-0.05, 0) is 12.1 Å². The molecule has 1 aromatic heterocycles. The Labute approximate surface area is 105 Å². The van der Waals surface area contributed by atoms with Crippen LogP contribution in [0.2, 0.25) is 0 Å². The van der Waals surface area contributed by atoms with E-state index >= 15 is 0 Å². The van der Waals surface area contributed by atoms with Gasteiger partial charge in [0.25, 0.3) is 5.91 Å². The summed E-state index contributed by atoms with van der Waals surface area (Å²) < 4.78 is 4.98. The number of ether oxygens (including phenoxy) is 1. The van der Waals surface area contributed by atoms with Crippen LogP contribution in [0.4, 0.5) is 5.69 Å². The van der Waals surface area contributed by atoms with Gasteiger partial charge in [0.05, 0.1) is 6.61 Å². The first-order valence-corrected chi connectivity index (χ1v) is 5.41. The van der Waals surface area contributed by atoms with E-state index < -0.39 is 5.91 Å². The number of nitrogens with one attached hydrogen (secondary N) is 2. The van der Waals surface area contributed by atoms with E-state index in [4.69, 9.17) is 10.5 Å². The van der Waals surface area contributed by atoms with Crippen molar-refractivity contribution in [1.82, 2.24) is 10.3 Å². The Kier molecular flexibility index (Phi) is 5.59. The molecule has 2 amide bonds. The van der Waals surface area contributed by atoms with Crippen LogP contribution >= 0.6 is 0 Å². The van der Waals surface area contributed by atoms with Crippen molar-refractivity contribution in [3.63, 3.8) is 0 Å². The van der Waals surface area contributed by atoms with Crippen LogP contribution in [0.5, 0.6) is 0 Å². The van der Waals surface area contributed by atoms with Gasteiger partial charge in [0.15, 0.2) is 0 Å². The number of amides is 2. The van der Waals surface area contributed by atoms with Crippen molar-refractivity contribution in [3.8, 4) is 0 Å². The summed E-state index contributed by atoms with van der Waals surface area (Å²) >= 11 is 0. The molecule has 0 saturated carbocycles. The van der Waals surface area contributed by atoms with Gasteiger partial charge in [-0.3, -0.25) is 14.6 Å². The molecule has 1 rings (SSSR count). The van der Waals surface area contributed by atoms with E-state index in [1.807, 2.05) is 0 Å². The highest BCUT2D eigenvalue weighted by Gasteiger charge is 2.04. The Balaban J connectivity index is 2.38. The number of hydrogen-bond donors (Lipinski definition) is 3. The summed E-state index contributed by atoms with van der Waals surface area (Å²) in [5.41, 5.74) is 6.01. The molecule has 0 unspecified atom stereocenters. The van der Waals surface area contributed by atoms with Crippen LogP contribution in [0, 0.1) is 0 Å². The molecule has 4 N–H and O–H groups in total. The minimum atomic E-state index is -0.499. The maximum Gasteiger partial charge on any atom is 0.269 e. The molecule has 0 fully saturated rings. The highest BCUT2D eigenvalue weighted by Crippen LogP contribution is 2.07. The maximum absolute atomic E-state index is 11.3. The molecule has 98 valence electrons. The number of nitrogens with zero attached hydrogens (tertiary/aromatic N) is 1. The van der Waals surface area contributed by atoms with Crippen molar-refractivity contribution in [2.24, 2.45) is 5.73 Å². The van der Waals surface area contributed by atoms with E-state index in [1.54, 1.807) is 19.2 Å². The van der Waals surface area contributed by atoms with E-state index in [-0.39, 0.29) is 12.5 Å². The Morgan fingerprint density at radius 3 is 2.94 bits per heavy atom. The fraction of sp³-hybridized carbons (Fsp3) is 0.364. The first-order valence-electron chi connectivity index (χ1n) is 5.41. The monoisotopic (exact) mass is 252 g/mol. The number of rotatable bonds is 7. The standard InChI is InChI=1S/C11H16N4O3/c1-13-11(17)9-6-8(2-3-15-9)14-4-5-18-7-10(12)16/h2-3,6H,4-5,7H2,1H3,(H2,12,16)(H,13,17)(H,14,15). The third kappa shape index (κ3) is 4.79. The molecule has 0 radical (unpaired) electrons. The number of hydrogen-bond acceptors (Lipinski definition) is 5. The lowest BCUT2D eigenvalue weighted by atomic mass is 10.3. The van der Waals surface area contributed by atoms with Crippen molar-refractivity contribution < 1.29 is 14.3 Å². The van der Waals surface area contributed by atoms with E-state index in [9.17, 15) is 9.59 Å². The minimum absolute atomic E-state index is 0.0957. The predicted molar refractivity (Wildman–Crippen MR) is 66.1 cm³/mol. The third-order valence-corrected chi connectivity index (χ3v) is 2.04. The van der Waals surface area contributed by atoms with E-state index in [0.29, 0.717) is 18.8 Å². The molecule has 0 atom stereocenters. The number of carbonyl (C=O) groups is 2. The molecular formula is C11H16N4O3. The molecule has 0 aromatic carbocycles. The fourth-order valence-corrected chi connectivity index (χ4v) is 1.23. The van der Waals surface area contributed by atoms with Crippen molar-refractivity contribution >= 4 is 17.5 Å². The Bertz CT molecular complexity index is 423. The number of aromatic nitrogens is 1. The molecule has 7 heteroatoms. The highest BCUT2D eigenvalue weighted by molar-refractivity contribution is 5.92. The Morgan fingerprint density at radius 2 is 2.28 bits per heavy atom. The van der Waals surface area contributed by atoms with Crippen molar-refractivity contribution in [1.29, 1.82) is 0 Å². The highest BCUT2D eigenvalue weighted by atomic mass is 16.5. The second-order valence-corrected chi connectivity index (χ2v) is 3.45. The number of nitrogens with two attached hydrogens (primary N) is 1. The quantitative estimate of drug-likeness (QED) is 0.559. The van der Waals surface area contributed by atoms with Crippen LogP contribution in [0.3, 0.4) is 0 Å². The van der Waals surface area contributed by atoms with E-state index in [2.05, 4.69) is 15.6 Å². The second kappa shape index (κ2) is 7.23. The Hall–Kier alpha value is -2.15. The molecule has 0 aliphatic carbocycles. The van der Waals surface area contributed by atoms with Gasteiger partial charge >= 0.3 is 0 Å². The van der Waals surface area contributed by atoms with Gasteiger partial charge in [0.1, 0.15) is 12.3 Å². The van der Waals surface area contributed by atoms with Crippen LogP contribution < -0.4 is 16.4 Å². The number of anilines is 1. The van der Waals surface area contributed by atoms with Crippen LogP contribution in [-0.4, -0.2) is 43.6 Å². The average molecular weight is 252 g/mol. The second-order valence-electron chi connectivity index (χ2n) is 3.45. The lowest BCUT2D eigenvalue weighted by molar-refractivity contribution is -0.122. The zero-order valence-corrected chi connectivity index (χ0v) is 10.1. The summed E-state index contributed by atoms with van der Waals surface area (Å²) in [5, 5.41) is 5.53. The minimum Gasteiger partial charge on any atom is -0.383 e. The van der Waals surface area contributed by atoms with E-state index in [1.165, 1.54) is 6.20 Å². The van der Waals surface area contributed by atoms with Crippen LogP contribution in [0.25, 0.3) is 0 Å². The molecule has 0 aliphatic heterocycles. The molecule has 0 spiro atoms. The molecule has 18 heavy (non-hydrogen) atoms. The van der Waals surface area contributed by atoms with Crippen molar-refractivity contribution in [3.05, 3.63) is 24.0 Å². The van der Waals surface area contributed by atoms with Crippen LogP contribution in [0.15, 0.2) is 18.3 Å². The number of primary amides is 1. The van der Waals surface area contributed by atoms with Gasteiger partial charge in [0.2, 0.25) is 5.91 Å². The third-order valence-electron chi connectivity index (χ3n) is 2.04. The average Bonchev–Trinajstić information content (AvgIpc) is 2.37. The van der Waals surface area contributed by atoms with Gasteiger partial charge in [-0.2, -0.15) is 0 Å². The number of pyridine rings is 1. The summed E-state index contributed by atoms with van der Waals surface area (Å²) in [6.07, 6.45) is 1.54. The van der Waals surface area contributed by atoms with Crippen molar-refractivity contribution in [2.45, 2.75) is 0 Å². The first kappa shape index (κ1) is 13.9. The number of carbonyl (C=O) groups excluding carboxylic acids is 2.